The number of nitrogens with zero attached hydrogens (tertiary/aromatic N) is 6. The van der Waals surface area contributed by atoms with Crippen molar-refractivity contribution >= 4 is 22.9 Å². The predicted molar refractivity (Wildman–Crippen MR) is 194 cm³/mol. The van der Waals surface area contributed by atoms with Crippen LogP contribution in [0, 0.1) is 25.6 Å². The summed E-state index contributed by atoms with van der Waals surface area (Å²) < 4.78 is 25.7. The lowest BCUT2D eigenvalue weighted by Gasteiger charge is -2.35. The average Bonchev–Trinajstić information content (AvgIpc) is 3.61. The van der Waals surface area contributed by atoms with E-state index in [1.165, 1.54) is 10.1 Å². The number of H-pyrrole nitrogens is 1. The highest BCUT2D eigenvalue weighted by Crippen LogP contribution is 2.56. The maximum atomic E-state index is 15.2. The molecule has 1 saturated carbocycles. The number of aromatic amines is 1. The van der Waals surface area contributed by atoms with Crippen LogP contribution in [0.25, 0.3) is 22.4 Å². The van der Waals surface area contributed by atoms with E-state index in [-0.39, 0.29) is 23.3 Å². The molecule has 4 atom stereocenters. The van der Waals surface area contributed by atoms with Crippen LogP contribution in [0.2, 0.25) is 0 Å². The summed E-state index contributed by atoms with van der Waals surface area (Å²) in [6.45, 7) is 9.37. The van der Waals surface area contributed by atoms with Gasteiger partial charge in [0.15, 0.2) is 0 Å². The first kappa shape index (κ1) is 33.6. The maximum absolute atomic E-state index is 15.2. The van der Waals surface area contributed by atoms with Gasteiger partial charge in [-0.15, -0.1) is 5.06 Å². The third kappa shape index (κ3) is 5.09. The molecule has 2 saturated heterocycles. The van der Waals surface area contributed by atoms with E-state index in [2.05, 4.69) is 40.0 Å². The molecule has 2 aromatic carbocycles. The second-order valence-corrected chi connectivity index (χ2v) is 15.2. The molecule has 2 N–H and O–H groups in total. The molecular weight excluding hydrogens is 679 g/mol. The summed E-state index contributed by atoms with van der Waals surface area (Å²) in [6.07, 6.45) is 5.29. The first-order valence-electron chi connectivity index (χ1n) is 18.4. The number of aryl methyl sites for hydroxylation is 2. The van der Waals surface area contributed by atoms with Crippen molar-refractivity contribution < 1.29 is 23.6 Å². The SMILES string of the molecule is Cc1cc(-n2nc3c(c2-n2cc[nH]c2=O)[C@H](C)N(C(=O)c2cc4cc(C5CCOCC5)ccc4n2[C@@]2(C4NC(=O)ON4C)C[C@@H]2C)CC3)cc(C)c1F. The summed E-state index contributed by atoms with van der Waals surface area (Å²) in [4.78, 5) is 51.0. The number of nitrogens with one attached hydrogen (secondary N) is 2. The second-order valence-electron chi connectivity index (χ2n) is 15.2. The molecule has 3 fully saturated rings. The van der Waals surface area contributed by atoms with E-state index in [1.807, 2.05) is 17.9 Å². The van der Waals surface area contributed by atoms with Crippen LogP contribution < -0.4 is 11.0 Å². The molecule has 0 bridgehead atoms. The largest absolute Gasteiger partial charge is 0.427 e. The molecule has 14 heteroatoms. The van der Waals surface area contributed by atoms with Crippen molar-refractivity contribution in [2.24, 2.45) is 5.92 Å². The molecular formula is C39H43FN8O5. The molecule has 53 heavy (non-hydrogen) atoms. The Morgan fingerprint density at radius 2 is 1.79 bits per heavy atom. The minimum Gasteiger partial charge on any atom is -0.381 e. The lowest BCUT2D eigenvalue weighted by atomic mass is 9.91. The number of likely N-dealkylation sites (N-methyl/N-ethyl adjacent to an activating group) is 1. The van der Waals surface area contributed by atoms with Gasteiger partial charge in [0.25, 0.3) is 5.91 Å². The molecule has 6 heterocycles. The lowest BCUT2D eigenvalue weighted by molar-refractivity contribution is -0.0840. The Hall–Kier alpha value is -5.21. The van der Waals surface area contributed by atoms with Gasteiger partial charge < -0.3 is 24.0 Å². The molecule has 9 rings (SSSR count). The Morgan fingerprint density at radius 1 is 1.06 bits per heavy atom. The van der Waals surface area contributed by atoms with Gasteiger partial charge in [-0.05, 0) is 98.9 Å². The van der Waals surface area contributed by atoms with Crippen LogP contribution in [0.3, 0.4) is 0 Å². The first-order valence-corrected chi connectivity index (χ1v) is 18.4. The number of carbonyl (C=O) groups excluding carboxylic acids is 2. The van der Waals surface area contributed by atoms with Crippen molar-refractivity contribution in [3.63, 3.8) is 0 Å². The van der Waals surface area contributed by atoms with Gasteiger partial charge in [0.1, 0.15) is 23.5 Å². The molecule has 0 spiro atoms. The fourth-order valence-electron chi connectivity index (χ4n) is 9.25. The summed E-state index contributed by atoms with van der Waals surface area (Å²) >= 11 is 0. The van der Waals surface area contributed by atoms with E-state index in [1.54, 1.807) is 55.2 Å². The van der Waals surface area contributed by atoms with Crippen LogP contribution in [0.1, 0.15) is 83.5 Å². The summed E-state index contributed by atoms with van der Waals surface area (Å²) in [5.74, 6) is 0.561. The number of rotatable bonds is 6. The van der Waals surface area contributed by atoms with Gasteiger partial charge in [-0.1, -0.05) is 13.0 Å². The van der Waals surface area contributed by atoms with E-state index >= 15 is 4.79 Å². The van der Waals surface area contributed by atoms with Crippen molar-refractivity contribution in [1.82, 2.24) is 39.2 Å². The van der Waals surface area contributed by atoms with Gasteiger partial charge in [-0.3, -0.25) is 14.7 Å². The number of halogens is 1. The van der Waals surface area contributed by atoms with Crippen molar-refractivity contribution in [2.75, 3.05) is 26.8 Å². The number of hydrogen-bond donors (Lipinski definition) is 2. The quantitative estimate of drug-likeness (QED) is 0.241. The third-order valence-electron chi connectivity index (χ3n) is 12.1. The fourth-order valence-corrected chi connectivity index (χ4v) is 9.25. The van der Waals surface area contributed by atoms with Gasteiger partial charge in [0, 0.05) is 62.1 Å². The molecule has 5 aromatic rings. The number of benzene rings is 2. The van der Waals surface area contributed by atoms with Gasteiger partial charge in [-0.25, -0.2) is 18.7 Å². The van der Waals surface area contributed by atoms with Gasteiger partial charge >= 0.3 is 11.8 Å². The zero-order valence-electron chi connectivity index (χ0n) is 30.5. The molecule has 3 aliphatic heterocycles. The van der Waals surface area contributed by atoms with E-state index in [0.29, 0.717) is 47.2 Å². The number of hydrogen-bond acceptors (Lipinski definition) is 7. The van der Waals surface area contributed by atoms with E-state index in [4.69, 9.17) is 14.7 Å². The molecule has 2 amide bonds. The van der Waals surface area contributed by atoms with Crippen molar-refractivity contribution in [3.8, 4) is 11.5 Å². The van der Waals surface area contributed by atoms with E-state index in [0.717, 1.165) is 54.6 Å². The maximum Gasteiger partial charge on any atom is 0.427 e. The van der Waals surface area contributed by atoms with Crippen LogP contribution in [0.4, 0.5) is 9.18 Å². The molecule has 4 aliphatic rings. The standard InChI is InChI=1S/C39H43FN8O5/c1-21-16-28(17-22(2)33(21)40)48-34(46-13-11-41-37(46)50)32-24(4)45(12-8-29(32)43-48)35(49)31-19-27-18-26(25-9-14-52-15-10-25)6-7-30(27)47(31)39(20-23(39)3)36-42-38(51)53-44(36)5/h6-7,11,13,16-19,23-25,36H,8-10,12,14-15,20H2,1-5H3,(H,41,50)(H,42,51)/t23-,24-,36?,39-/m0/s1. The van der Waals surface area contributed by atoms with Crippen molar-refractivity contribution in [2.45, 2.75) is 77.0 Å². The highest BCUT2D eigenvalue weighted by Gasteiger charge is 2.64. The number of carbonyl (C=O) groups is 2. The van der Waals surface area contributed by atoms with Gasteiger partial charge in [0.05, 0.1) is 23.0 Å². The van der Waals surface area contributed by atoms with Crippen molar-refractivity contribution in [3.05, 3.63) is 98.7 Å². The number of amides is 2. The first-order chi connectivity index (χ1) is 25.5. The second kappa shape index (κ2) is 12.2. The highest BCUT2D eigenvalue weighted by atomic mass is 19.1. The number of fused-ring (bicyclic) bond motifs is 2. The monoisotopic (exact) mass is 722 g/mol. The van der Waals surface area contributed by atoms with Gasteiger partial charge in [0.2, 0.25) is 0 Å². The Balaban J connectivity index is 1.18. The summed E-state index contributed by atoms with van der Waals surface area (Å²) in [5, 5.41) is 10.5. The van der Waals surface area contributed by atoms with Crippen LogP contribution in [0.5, 0.6) is 0 Å². The zero-order chi connectivity index (χ0) is 36.9. The highest BCUT2D eigenvalue weighted by molar-refractivity contribution is 6.00. The number of hydroxylamine groups is 2. The molecule has 0 radical (unpaired) electrons. The Kier molecular flexibility index (Phi) is 7.72. The molecule has 3 aromatic heterocycles. The Morgan fingerprint density at radius 3 is 2.43 bits per heavy atom. The normalized spacial score (nSPS) is 24.8. The minimum absolute atomic E-state index is 0.132. The number of aromatic nitrogens is 5. The minimum atomic E-state index is -0.634. The van der Waals surface area contributed by atoms with Crippen LogP contribution in [0.15, 0.2) is 53.6 Å². The average molecular weight is 723 g/mol. The van der Waals surface area contributed by atoms with Crippen molar-refractivity contribution in [1.29, 1.82) is 0 Å². The Labute approximate surface area is 305 Å². The predicted octanol–water partition coefficient (Wildman–Crippen LogP) is 5.36. The van der Waals surface area contributed by atoms with Crippen LogP contribution in [-0.2, 0) is 21.5 Å². The van der Waals surface area contributed by atoms with Gasteiger partial charge in [-0.2, -0.15) is 5.10 Å². The van der Waals surface area contributed by atoms with Crippen LogP contribution in [-0.4, -0.2) is 78.8 Å². The molecule has 13 nitrogen and oxygen atoms in total. The third-order valence-corrected chi connectivity index (χ3v) is 12.1. The molecule has 276 valence electrons. The summed E-state index contributed by atoms with van der Waals surface area (Å²) in [5.41, 5.74) is 4.76. The van der Waals surface area contributed by atoms with E-state index in [9.17, 15) is 14.0 Å². The van der Waals surface area contributed by atoms with E-state index < -0.39 is 23.8 Å². The fraction of sp³-hybridized carbons (Fsp3) is 0.436. The lowest BCUT2D eigenvalue weighted by Crippen LogP contribution is -2.50. The molecule has 1 aliphatic carbocycles. The summed E-state index contributed by atoms with van der Waals surface area (Å²) in [6, 6.07) is 11.5. The zero-order valence-corrected chi connectivity index (χ0v) is 30.5. The Bertz CT molecular complexity index is 2340. The number of imidazole rings is 1. The molecule has 1 unspecified atom stereocenters. The number of ether oxygens (including phenoxy) is 1. The van der Waals surface area contributed by atoms with Crippen LogP contribution >= 0.6 is 0 Å². The topological polar surface area (TPSA) is 132 Å². The smallest absolute Gasteiger partial charge is 0.381 e. The summed E-state index contributed by atoms with van der Waals surface area (Å²) in [7, 11) is 1.74.